The highest BCUT2D eigenvalue weighted by molar-refractivity contribution is 6.31. The van der Waals surface area contributed by atoms with Crippen LogP contribution in [0.4, 0.5) is 10.1 Å². The van der Waals surface area contributed by atoms with Crippen molar-refractivity contribution in [1.82, 2.24) is 4.90 Å². The SMILES string of the molecule is C[C@@H](c1cccc([N+](=O)[O-])c1)N(C)C(=O)Cc1c(F)cccc1Cl. The minimum Gasteiger partial charge on any atom is -0.339 e. The van der Waals surface area contributed by atoms with E-state index in [9.17, 15) is 19.3 Å². The number of amides is 1. The summed E-state index contributed by atoms with van der Waals surface area (Å²) in [6, 6.07) is 9.93. The fraction of sp³-hybridized carbons (Fsp3) is 0.235. The monoisotopic (exact) mass is 350 g/mol. The summed E-state index contributed by atoms with van der Waals surface area (Å²) in [5.74, 6) is -0.867. The molecule has 0 spiro atoms. The van der Waals surface area contributed by atoms with Gasteiger partial charge in [0.05, 0.1) is 17.4 Å². The van der Waals surface area contributed by atoms with Gasteiger partial charge in [-0.3, -0.25) is 14.9 Å². The van der Waals surface area contributed by atoms with Crippen molar-refractivity contribution in [2.24, 2.45) is 0 Å². The molecule has 0 aliphatic rings. The second-order valence-corrected chi connectivity index (χ2v) is 5.82. The van der Waals surface area contributed by atoms with Crippen molar-refractivity contribution in [2.75, 3.05) is 7.05 Å². The molecule has 2 aromatic carbocycles. The summed E-state index contributed by atoms with van der Waals surface area (Å²) in [4.78, 5) is 24.2. The Balaban J connectivity index is 2.18. The van der Waals surface area contributed by atoms with Crippen LogP contribution in [0.25, 0.3) is 0 Å². The lowest BCUT2D eigenvalue weighted by atomic mass is 10.0. The summed E-state index contributed by atoms with van der Waals surface area (Å²) >= 11 is 5.94. The molecule has 0 aliphatic carbocycles. The number of likely N-dealkylation sites (N-methyl/N-ethyl adjacent to an activating group) is 1. The molecule has 2 aromatic rings. The number of hydrogen-bond donors (Lipinski definition) is 0. The molecule has 0 aliphatic heterocycles. The van der Waals surface area contributed by atoms with Gasteiger partial charge in [-0.25, -0.2) is 4.39 Å². The maximum Gasteiger partial charge on any atom is 0.269 e. The Bertz CT molecular complexity index is 762. The van der Waals surface area contributed by atoms with E-state index in [2.05, 4.69) is 0 Å². The van der Waals surface area contributed by atoms with Crippen molar-refractivity contribution in [2.45, 2.75) is 19.4 Å². The summed E-state index contributed by atoms with van der Waals surface area (Å²) in [6.07, 6.45) is -0.179. The zero-order valence-electron chi connectivity index (χ0n) is 13.2. The van der Waals surface area contributed by atoms with Gasteiger partial charge in [-0.2, -0.15) is 0 Å². The van der Waals surface area contributed by atoms with Gasteiger partial charge in [0.25, 0.3) is 5.69 Å². The molecular formula is C17H16ClFN2O3. The Morgan fingerprint density at radius 1 is 1.33 bits per heavy atom. The van der Waals surface area contributed by atoms with E-state index in [0.717, 1.165) is 0 Å². The minimum atomic E-state index is -0.535. The molecule has 0 heterocycles. The number of rotatable bonds is 5. The lowest BCUT2D eigenvalue weighted by Crippen LogP contribution is -2.31. The van der Waals surface area contributed by atoms with Crippen molar-refractivity contribution in [3.8, 4) is 0 Å². The Kier molecular flexibility index (Phi) is 5.51. The van der Waals surface area contributed by atoms with Crippen LogP contribution in [0.1, 0.15) is 24.1 Å². The first-order chi connectivity index (χ1) is 11.3. The molecule has 126 valence electrons. The van der Waals surface area contributed by atoms with E-state index >= 15 is 0 Å². The van der Waals surface area contributed by atoms with Gasteiger partial charge in [-0.1, -0.05) is 29.8 Å². The smallest absolute Gasteiger partial charge is 0.269 e. The van der Waals surface area contributed by atoms with Crippen LogP contribution < -0.4 is 0 Å². The zero-order valence-corrected chi connectivity index (χ0v) is 14.0. The van der Waals surface area contributed by atoms with E-state index in [4.69, 9.17) is 11.6 Å². The van der Waals surface area contributed by atoms with Crippen LogP contribution in [0.5, 0.6) is 0 Å². The first kappa shape index (κ1) is 17.9. The Morgan fingerprint density at radius 3 is 2.62 bits per heavy atom. The van der Waals surface area contributed by atoms with Crippen LogP contribution >= 0.6 is 11.6 Å². The first-order valence-electron chi connectivity index (χ1n) is 7.24. The van der Waals surface area contributed by atoms with E-state index < -0.39 is 16.8 Å². The highest BCUT2D eigenvalue weighted by Crippen LogP contribution is 2.25. The average Bonchev–Trinajstić information content (AvgIpc) is 2.56. The molecule has 0 aromatic heterocycles. The molecule has 0 radical (unpaired) electrons. The maximum absolute atomic E-state index is 13.8. The van der Waals surface area contributed by atoms with Gasteiger partial charge in [0.15, 0.2) is 0 Å². The molecule has 0 bridgehead atoms. The maximum atomic E-state index is 13.8. The third-order valence-electron chi connectivity index (χ3n) is 3.93. The van der Waals surface area contributed by atoms with Crippen molar-refractivity contribution in [3.63, 3.8) is 0 Å². The molecule has 24 heavy (non-hydrogen) atoms. The van der Waals surface area contributed by atoms with Crippen LogP contribution in [0.2, 0.25) is 5.02 Å². The Labute approximate surface area is 143 Å². The molecule has 0 saturated carbocycles. The largest absolute Gasteiger partial charge is 0.339 e. The van der Waals surface area contributed by atoms with Gasteiger partial charge in [0.2, 0.25) is 5.91 Å². The molecule has 0 saturated heterocycles. The van der Waals surface area contributed by atoms with Crippen molar-refractivity contribution >= 4 is 23.2 Å². The summed E-state index contributed by atoms with van der Waals surface area (Å²) in [7, 11) is 1.57. The normalized spacial score (nSPS) is 11.8. The number of halogens is 2. The quantitative estimate of drug-likeness (QED) is 0.601. The second-order valence-electron chi connectivity index (χ2n) is 5.41. The summed E-state index contributed by atoms with van der Waals surface area (Å²) in [5.41, 5.74) is 0.722. The molecule has 0 unspecified atom stereocenters. The lowest BCUT2D eigenvalue weighted by molar-refractivity contribution is -0.384. The van der Waals surface area contributed by atoms with E-state index in [1.807, 2.05) is 0 Å². The van der Waals surface area contributed by atoms with Crippen LogP contribution in [0, 0.1) is 15.9 Å². The number of non-ortho nitro benzene ring substituents is 1. The van der Waals surface area contributed by atoms with Crippen LogP contribution in [0.15, 0.2) is 42.5 Å². The van der Waals surface area contributed by atoms with Gasteiger partial charge < -0.3 is 4.90 Å². The molecule has 5 nitrogen and oxygen atoms in total. The molecule has 0 N–H and O–H groups in total. The molecule has 0 fully saturated rings. The topological polar surface area (TPSA) is 63.5 Å². The van der Waals surface area contributed by atoms with Gasteiger partial charge in [0.1, 0.15) is 5.82 Å². The number of nitro benzene ring substituents is 1. The fourth-order valence-electron chi connectivity index (χ4n) is 2.31. The Morgan fingerprint density at radius 2 is 2.00 bits per heavy atom. The molecule has 1 atom stereocenters. The number of nitro groups is 1. The molecule has 1 amide bonds. The highest BCUT2D eigenvalue weighted by Gasteiger charge is 2.21. The van der Waals surface area contributed by atoms with Crippen LogP contribution in [0.3, 0.4) is 0 Å². The number of carbonyl (C=O) groups is 1. The first-order valence-corrected chi connectivity index (χ1v) is 7.62. The summed E-state index contributed by atoms with van der Waals surface area (Å²) in [6.45, 7) is 1.75. The van der Waals surface area contributed by atoms with Crippen LogP contribution in [-0.2, 0) is 11.2 Å². The van der Waals surface area contributed by atoms with Crippen molar-refractivity contribution < 1.29 is 14.1 Å². The van der Waals surface area contributed by atoms with Crippen LogP contribution in [-0.4, -0.2) is 22.8 Å². The van der Waals surface area contributed by atoms with E-state index in [-0.39, 0.29) is 28.6 Å². The standard InChI is InChI=1S/C17H16ClFN2O3/c1-11(12-5-3-6-13(9-12)21(23)24)20(2)17(22)10-14-15(18)7-4-8-16(14)19/h3-9,11H,10H2,1-2H3/t11-/m0/s1. The number of benzene rings is 2. The number of carbonyl (C=O) groups excluding carboxylic acids is 1. The second kappa shape index (κ2) is 7.40. The van der Waals surface area contributed by atoms with Crippen molar-refractivity contribution in [3.05, 3.63) is 74.5 Å². The van der Waals surface area contributed by atoms with E-state index in [1.54, 1.807) is 26.1 Å². The van der Waals surface area contributed by atoms with Gasteiger partial charge in [-0.05, 0) is 24.6 Å². The Hall–Kier alpha value is -2.47. The van der Waals surface area contributed by atoms with Crippen molar-refractivity contribution in [1.29, 1.82) is 0 Å². The fourth-order valence-corrected chi connectivity index (χ4v) is 2.54. The minimum absolute atomic E-state index is 0.0441. The average molecular weight is 351 g/mol. The van der Waals surface area contributed by atoms with E-state index in [1.165, 1.54) is 35.2 Å². The number of hydrogen-bond acceptors (Lipinski definition) is 3. The predicted octanol–water partition coefficient (Wildman–Crippen LogP) is 4.15. The highest BCUT2D eigenvalue weighted by atomic mass is 35.5. The molecule has 2 rings (SSSR count). The molecular weight excluding hydrogens is 335 g/mol. The van der Waals surface area contributed by atoms with Gasteiger partial charge in [-0.15, -0.1) is 0 Å². The van der Waals surface area contributed by atoms with E-state index in [0.29, 0.717) is 5.56 Å². The van der Waals surface area contributed by atoms with Gasteiger partial charge >= 0.3 is 0 Å². The molecule has 7 heteroatoms. The number of nitrogens with zero attached hydrogens (tertiary/aromatic N) is 2. The summed E-state index contributed by atoms with van der Waals surface area (Å²) in [5, 5.41) is 11.1. The predicted molar refractivity (Wildman–Crippen MR) is 89.4 cm³/mol. The summed E-state index contributed by atoms with van der Waals surface area (Å²) < 4.78 is 13.8. The lowest BCUT2D eigenvalue weighted by Gasteiger charge is -2.25. The third-order valence-corrected chi connectivity index (χ3v) is 4.28. The van der Waals surface area contributed by atoms with Gasteiger partial charge in [0, 0.05) is 29.8 Å². The zero-order chi connectivity index (χ0) is 17.9. The third kappa shape index (κ3) is 3.89.